The second-order valence-electron chi connectivity index (χ2n) is 3.56. The average Bonchev–Trinajstić information content (AvgIpc) is 2.56. The molecule has 1 heterocycles. The molecule has 3 nitrogen and oxygen atoms in total. The zero-order valence-corrected chi connectivity index (χ0v) is 7.58. The molecular weight excluding hydrogens is 154 g/mol. The van der Waals surface area contributed by atoms with Crippen molar-refractivity contribution < 1.29 is 9.90 Å². The van der Waals surface area contributed by atoms with Gasteiger partial charge in [0.25, 0.3) is 0 Å². The van der Waals surface area contributed by atoms with Crippen LogP contribution in [0.3, 0.4) is 0 Å². The molecule has 12 heavy (non-hydrogen) atoms. The highest BCUT2D eigenvalue weighted by molar-refractivity contribution is 5.76. The van der Waals surface area contributed by atoms with E-state index in [4.69, 9.17) is 0 Å². The Kier molecular flexibility index (Phi) is 3.53. The third-order valence-electron chi connectivity index (χ3n) is 2.27. The Morgan fingerprint density at radius 1 is 1.42 bits per heavy atom. The minimum atomic E-state index is -0.139. The minimum absolute atomic E-state index is 0.00176. The Hall–Kier alpha value is -0.570. The van der Waals surface area contributed by atoms with Crippen LogP contribution in [0.25, 0.3) is 0 Å². The van der Waals surface area contributed by atoms with Crippen molar-refractivity contribution in [1.82, 2.24) is 4.90 Å². The predicted molar refractivity (Wildman–Crippen MR) is 45.1 cm³/mol. The normalized spacial score (nSPS) is 19.7. The summed E-state index contributed by atoms with van der Waals surface area (Å²) in [5.41, 5.74) is 0. The first kappa shape index (κ1) is 9.52. The maximum atomic E-state index is 11.4. The van der Waals surface area contributed by atoms with Crippen molar-refractivity contribution >= 4 is 5.91 Å². The van der Waals surface area contributed by atoms with Crippen molar-refractivity contribution in [2.75, 3.05) is 19.7 Å². The number of carbonyl (C=O) groups is 1. The van der Waals surface area contributed by atoms with E-state index in [0.717, 1.165) is 25.9 Å². The van der Waals surface area contributed by atoms with Crippen molar-refractivity contribution in [3.8, 4) is 0 Å². The third kappa shape index (κ3) is 2.48. The molecule has 0 aromatic carbocycles. The van der Waals surface area contributed by atoms with E-state index in [1.54, 1.807) is 0 Å². The highest BCUT2D eigenvalue weighted by Crippen LogP contribution is 2.11. The van der Waals surface area contributed by atoms with Gasteiger partial charge >= 0.3 is 0 Å². The highest BCUT2D eigenvalue weighted by Gasteiger charge is 2.19. The van der Waals surface area contributed by atoms with Crippen LogP contribution in [-0.2, 0) is 9.90 Å². The van der Waals surface area contributed by atoms with Gasteiger partial charge in [0.2, 0.25) is 5.91 Å². The van der Waals surface area contributed by atoms with E-state index in [2.05, 4.69) is 0 Å². The monoisotopic (exact) mass is 170 g/mol. The summed E-state index contributed by atoms with van der Waals surface area (Å²) in [4.78, 5) is 13.3. The van der Waals surface area contributed by atoms with E-state index in [1.807, 2.05) is 11.8 Å². The largest absolute Gasteiger partial charge is 0.343 e. The standard InChI is InChI=1S/C9H16NO2/c1-8(7-11)6-9(12)10-4-2-3-5-10/h8H,2-7H2,1H3. The van der Waals surface area contributed by atoms with Crippen LogP contribution in [-0.4, -0.2) is 30.5 Å². The molecule has 1 fully saturated rings. The average molecular weight is 170 g/mol. The Bertz CT molecular complexity index is 153. The van der Waals surface area contributed by atoms with Crippen LogP contribution < -0.4 is 0 Å². The summed E-state index contributed by atoms with van der Waals surface area (Å²) < 4.78 is 0. The summed E-state index contributed by atoms with van der Waals surface area (Å²) in [5, 5.41) is 10.4. The summed E-state index contributed by atoms with van der Waals surface area (Å²) in [7, 11) is 0. The summed E-state index contributed by atoms with van der Waals surface area (Å²) in [5.74, 6) is 0.161. The molecule has 0 aliphatic carbocycles. The van der Waals surface area contributed by atoms with E-state index in [-0.39, 0.29) is 18.4 Å². The van der Waals surface area contributed by atoms with Gasteiger partial charge in [-0.05, 0) is 18.8 Å². The van der Waals surface area contributed by atoms with Gasteiger partial charge in [0.1, 0.15) is 0 Å². The molecule has 0 saturated carbocycles. The van der Waals surface area contributed by atoms with Gasteiger partial charge in [-0.1, -0.05) is 6.92 Å². The van der Waals surface area contributed by atoms with E-state index in [9.17, 15) is 9.90 Å². The molecule has 1 amide bonds. The van der Waals surface area contributed by atoms with Gasteiger partial charge in [0.15, 0.2) is 0 Å². The number of nitrogens with zero attached hydrogens (tertiary/aromatic N) is 1. The molecule has 0 bridgehead atoms. The summed E-state index contributed by atoms with van der Waals surface area (Å²) >= 11 is 0. The fourth-order valence-electron chi connectivity index (χ4n) is 1.45. The molecule has 3 heteroatoms. The van der Waals surface area contributed by atoms with Gasteiger partial charge in [-0.3, -0.25) is 4.79 Å². The zero-order chi connectivity index (χ0) is 8.97. The van der Waals surface area contributed by atoms with Gasteiger partial charge in [0, 0.05) is 19.5 Å². The Morgan fingerprint density at radius 3 is 2.50 bits per heavy atom. The van der Waals surface area contributed by atoms with Gasteiger partial charge in [0.05, 0.1) is 6.61 Å². The summed E-state index contributed by atoms with van der Waals surface area (Å²) in [6, 6.07) is 0. The quantitative estimate of drug-likeness (QED) is 0.624. The van der Waals surface area contributed by atoms with Crippen LogP contribution in [0.15, 0.2) is 0 Å². The fraction of sp³-hybridized carbons (Fsp3) is 0.889. The maximum absolute atomic E-state index is 11.4. The molecule has 0 N–H and O–H groups in total. The SMILES string of the molecule is CC(C[O])CC(=O)N1CCCC1. The fourth-order valence-corrected chi connectivity index (χ4v) is 1.45. The third-order valence-corrected chi connectivity index (χ3v) is 2.27. The van der Waals surface area contributed by atoms with Crippen LogP contribution in [0.2, 0.25) is 0 Å². The lowest BCUT2D eigenvalue weighted by atomic mass is 10.1. The second-order valence-corrected chi connectivity index (χ2v) is 3.56. The predicted octanol–water partition coefficient (Wildman–Crippen LogP) is 1.07. The second kappa shape index (κ2) is 4.45. The van der Waals surface area contributed by atoms with E-state index in [0.29, 0.717) is 6.42 Å². The highest BCUT2D eigenvalue weighted by atomic mass is 16.3. The Balaban J connectivity index is 2.27. The molecule has 69 valence electrons. The van der Waals surface area contributed by atoms with E-state index >= 15 is 0 Å². The van der Waals surface area contributed by atoms with Gasteiger partial charge in [-0.15, -0.1) is 0 Å². The van der Waals surface area contributed by atoms with Gasteiger partial charge in [-0.2, -0.15) is 0 Å². The number of rotatable bonds is 3. The van der Waals surface area contributed by atoms with Crippen molar-refractivity contribution in [1.29, 1.82) is 0 Å². The molecule has 0 spiro atoms. The smallest absolute Gasteiger partial charge is 0.222 e. The van der Waals surface area contributed by atoms with Crippen molar-refractivity contribution in [2.24, 2.45) is 5.92 Å². The molecule has 1 aliphatic heterocycles. The Morgan fingerprint density at radius 2 is 2.00 bits per heavy atom. The van der Waals surface area contributed by atoms with E-state index in [1.165, 1.54) is 0 Å². The molecule has 1 radical (unpaired) electrons. The molecule has 1 aliphatic rings. The van der Waals surface area contributed by atoms with E-state index < -0.39 is 0 Å². The van der Waals surface area contributed by atoms with Crippen LogP contribution in [0, 0.1) is 5.92 Å². The molecule has 0 aromatic rings. The van der Waals surface area contributed by atoms with Gasteiger partial charge in [-0.25, -0.2) is 5.11 Å². The summed E-state index contributed by atoms with van der Waals surface area (Å²) in [6.45, 7) is 3.48. The first-order valence-corrected chi connectivity index (χ1v) is 4.60. The number of carbonyl (C=O) groups excluding carboxylic acids is 1. The maximum Gasteiger partial charge on any atom is 0.222 e. The molecule has 1 atom stereocenters. The lowest BCUT2D eigenvalue weighted by Gasteiger charge is -2.16. The molecular formula is C9H16NO2. The van der Waals surface area contributed by atoms with Gasteiger partial charge < -0.3 is 4.90 Å². The van der Waals surface area contributed by atoms with Crippen LogP contribution in [0.5, 0.6) is 0 Å². The number of likely N-dealkylation sites (tertiary alicyclic amines) is 1. The summed E-state index contributed by atoms with van der Waals surface area (Å²) in [6.07, 6.45) is 2.68. The first-order valence-electron chi connectivity index (χ1n) is 4.60. The minimum Gasteiger partial charge on any atom is -0.343 e. The molecule has 0 aromatic heterocycles. The van der Waals surface area contributed by atoms with Crippen LogP contribution in [0.1, 0.15) is 26.2 Å². The zero-order valence-electron chi connectivity index (χ0n) is 7.58. The van der Waals surface area contributed by atoms with Crippen molar-refractivity contribution in [3.05, 3.63) is 0 Å². The van der Waals surface area contributed by atoms with Crippen LogP contribution >= 0.6 is 0 Å². The topological polar surface area (TPSA) is 40.2 Å². The van der Waals surface area contributed by atoms with Crippen molar-refractivity contribution in [3.63, 3.8) is 0 Å². The lowest BCUT2D eigenvalue weighted by molar-refractivity contribution is -0.131. The van der Waals surface area contributed by atoms with Crippen LogP contribution in [0.4, 0.5) is 0 Å². The number of hydrogen-bond acceptors (Lipinski definition) is 1. The van der Waals surface area contributed by atoms with Crippen molar-refractivity contribution in [2.45, 2.75) is 26.2 Å². The first-order chi connectivity index (χ1) is 5.74. The molecule has 1 saturated heterocycles. The lowest BCUT2D eigenvalue weighted by Crippen LogP contribution is -2.29. The number of hydrogen-bond donors (Lipinski definition) is 0. The Labute approximate surface area is 73.4 Å². The number of amides is 1. The molecule has 1 rings (SSSR count). The molecule has 1 unspecified atom stereocenters.